The van der Waals surface area contributed by atoms with Crippen molar-refractivity contribution in [3.8, 4) is 0 Å². The summed E-state index contributed by atoms with van der Waals surface area (Å²) in [5.74, 6) is 0. The maximum absolute atomic E-state index is 12.5. The Morgan fingerprint density at radius 2 is 1.68 bits per heavy atom. The summed E-state index contributed by atoms with van der Waals surface area (Å²) in [7, 11) is 1.59. The third-order valence-electron chi connectivity index (χ3n) is 3.97. The van der Waals surface area contributed by atoms with Crippen molar-refractivity contribution in [1.29, 1.82) is 0 Å². The number of nitrogens with one attached hydrogen (secondary N) is 1. The quantitative estimate of drug-likeness (QED) is 0.750. The lowest BCUT2D eigenvalue weighted by atomic mass is 9.79. The van der Waals surface area contributed by atoms with Crippen molar-refractivity contribution < 1.29 is 13.2 Å². The van der Waals surface area contributed by atoms with E-state index >= 15 is 0 Å². The van der Waals surface area contributed by atoms with Crippen molar-refractivity contribution in [1.82, 2.24) is 10.2 Å². The van der Waals surface area contributed by atoms with Gasteiger partial charge in [0.15, 0.2) is 0 Å². The predicted molar refractivity (Wildman–Crippen MR) is 72.2 cm³/mol. The molecule has 0 heterocycles. The monoisotopic (exact) mass is 280 g/mol. The number of halogens is 3. The molecule has 1 saturated carbocycles. The summed E-state index contributed by atoms with van der Waals surface area (Å²) in [6.45, 7) is 3.50. The molecule has 19 heavy (non-hydrogen) atoms. The van der Waals surface area contributed by atoms with Gasteiger partial charge in [0.1, 0.15) is 0 Å². The lowest BCUT2D eigenvalue weighted by molar-refractivity contribution is -0.146. The Labute approximate surface area is 114 Å². The van der Waals surface area contributed by atoms with Crippen LogP contribution in [0.2, 0.25) is 0 Å². The highest BCUT2D eigenvalue weighted by Gasteiger charge is 2.35. The fourth-order valence-corrected chi connectivity index (χ4v) is 3.19. The molecule has 0 bridgehead atoms. The van der Waals surface area contributed by atoms with Crippen LogP contribution in [-0.4, -0.2) is 44.3 Å². The largest absolute Gasteiger partial charge is 0.401 e. The normalized spacial score (nSPS) is 20.5. The minimum atomic E-state index is -4.10. The topological polar surface area (TPSA) is 15.3 Å². The van der Waals surface area contributed by atoms with Crippen molar-refractivity contribution in [2.75, 3.05) is 33.2 Å². The van der Waals surface area contributed by atoms with Crippen molar-refractivity contribution in [2.24, 2.45) is 5.41 Å². The van der Waals surface area contributed by atoms with Crippen LogP contribution in [0.5, 0.6) is 0 Å². The summed E-state index contributed by atoms with van der Waals surface area (Å²) < 4.78 is 37.4. The molecule has 1 rings (SSSR count). The van der Waals surface area contributed by atoms with Gasteiger partial charge in [0.2, 0.25) is 0 Å². The molecule has 0 aromatic carbocycles. The van der Waals surface area contributed by atoms with E-state index in [-0.39, 0.29) is 5.41 Å². The highest BCUT2D eigenvalue weighted by Crippen LogP contribution is 2.35. The second-order valence-electron chi connectivity index (χ2n) is 5.98. The zero-order chi connectivity index (χ0) is 14.4. The molecular weight excluding hydrogens is 253 g/mol. The molecule has 0 aromatic rings. The maximum atomic E-state index is 12.5. The molecule has 0 aromatic heterocycles. The van der Waals surface area contributed by atoms with Gasteiger partial charge in [-0.15, -0.1) is 0 Å². The van der Waals surface area contributed by atoms with Crippen LogP contribution in [0.3, 0.4) is 0 Å². The molecule has 0 spiro atoms. The van der Waals surface area contributed by atoms with Crippen LogP contribution in [0.25, 0.3) is 0 Å². The number of rotatable bonds is 6. The van der Waals surface area contributed by atoms with E-state index in [4.69, 9.17) is 0 Å². The van der Waals surface area contributed by atoms with Gasteiger partial charge in [0.05, 0.1) is 6.54 Å². The lowest BCUT2D eigenvalue weighted by Gasteiger charge is -2.37. The van der Waals surface area contributed by atoms with Gasteiger partial charge in [-0.05, 0) is 31.8 Å². The smallest absolute Gasteiger partial charge is 0.316 e. The summed E-state index contributed by atoms with van der Waals surface area (Å²) in [6, 6.07) is 0. The second kappa shape index (κ2) is 7.48. The molecule has 5 heteroatoms. The molecule has 0 atom stereocenters. The van der Waals surface area contributed by atoms with Crippen molar-refractivity contribution >= 4 is 0 Å². The fraction of sp³-hybridized carbons (Fsp3) is 1.00. The van der Waals surface area contributed by atoms with Gasteiger partial charge in [-0.1, -0.05) is 32.6 Å². The standard InChI is InChI=1S/C14H27F3N2/c1-3-18-10-13(8-6-4-5-7-9-13)11-19(2)12-14(15,16)17/h18H,3-12H2,1-2H3. The molecule has 0 saturated heterocycles. The molecule has 2 nitrogen and oxygen atoms in total. The van der Waals surface area contributed by atoms with Crippen LogP contribution < -0.4 is 5.32 Å². The van der Waals surface area contributed by atoms with Crippen molar-refractivity contribution in [2.45, 2.75) is 51.6 Å². The van der Waals surface area contributed by atoms with E-state index in [0.29, 0.717) is 6.54 Å². The molecule has 0 radical (unpaired) electrons. The molecule has 0 unspecified atom stereocenters. The van der Waals surface area contributed by atoms with Crippen LogP contribution >= 0.6 is 0 Å². The minimum absolute atomic E-state index is 0.0203. The Balaban J connectivity index is 2.61. The molecule has 1 fully saturated rings. The first-order valence-corrected chi connectivity index (χ1v) is 7.33. The zero-order valence-corrected chi connectivity index (χ0v) is 12.2. The van der Waals surface area contributed by atoms with E-state index in [1.165, 1.54) is 17.7 Å². The first-order valence-electron chi connectivity index (χ1n) is 7.33. The van der Waals surface area contributed by atoms with Crippen LogP contribution in [0, 0.1) is 5.41 Å². The van der Waals surface area contributed by atoms with Gasteiger partial charge in [0, 0.05) is 13.1 Å². The number of hydrogen-bond donors (Lipinski definition) is 1. The highest BCUT2D eigenvalue weighted by molar-refractivity contribution is 4.86. The number of hydrogen-bond acceptors (Lipinski definition) is 2. The molecule has 1 N–H and O–H groups in total. The molecule has 114 valence electrons. The van der Waals surface area contributed by atoms with E-state index < -0.39 is 12.7 Å². The van der Waals surface area contributed by atoms with Gasteiger partial charge in [-0.3, -0.25) is 4.90 Å². The Morgan fingerprint density at radius 1 is 1.11 bits per heavy atom. The number of alkyl halides is 3. The van der Waals surface area contributed by atoms with E-state index in [1.807, 2.05) is 6.92 Å². The first-order chi connectivity index (χ1) is 8.87. The Hall–Kier alpha value is -0.290. The number of nitrogens with zero attached hydrogens (tertiary/aromatic N) is 1. The average Bonchev–Trinajstić information content (AvgIpc) is 2.50. The van der Waals surface area contributed by atoms with Crippen LogP contribution in [-0.2, 0) is 0 Å². The van der Waals surface area contributed by atoms with Crippen molar-refractivity contribution in [3.63, 3.8) is 0 Å². The van der Waals surface area contributed by atoms with Gasteiger partial charge in [-0.2, -0.15) is 13.2 Å². The van der Waals surface area contributed by atoms with Crippen LogP contribution in [0.4, 0.5) is 13.2 Å². The molecule has 0 aliphatic heterocycles. The fourth-order valence-electron chi connectivity index (χ4n) is 3.19. The Kier molecular flexibility index (Phi) is 6.60. The molecular formula is C14H27F3N2. The third kappa shape index (κ3) is 6.61. The molecule has 0 amide bonds. The van der Waals surface area contributed by atoms with Gasteiger partial charge in [0.25, 0.3) is 0 Å². The summed E-state index contributed by atoms with van der Waals surface area (Å²) >= 11 is 0. The Morgan fingerprint density at radius 3 is 2.16 bits per heavy atom. The third-order valence-corrected chi connectivity index (χ3v) is 3.97. The van der Waals surface area contributed by atoms with E-state index in [1.54, 1.807) is 7.05 Å². The average molecular weight is 280 g/mol. The van der Waals surface area contributed by atoms with E-state index in [9.17, 15) is 13.2 Å². The summed E-state index contributed by atoms with van der Waals surface area (Å²) in [6.07, 6.45) is 2.72. The van der Waals surface area contributed by atoms with Crippen molar-refractivity contribution in [3.05, 3.63) is 0 Å². The second-order valence-corrected chi connectivity index (χ2v) is 5.98. The molecule has 1 aliphatic rings. The van der Waals surface area contributed by atoms with Crippen LogP contribution in [0.15, 0.2) is 0 Å². The first kappa shape index (κ1) is 16.8. The minimum Gasteiger partial charge on any atom is -0.316 e. The summed E-state index contributed by atoms with van der Waals surface area (Å²) in [5, 5.41) is 3.35. The summed E-state index contributed by atoms with van der Waals surface area (Å²) in [4.78, 5) is 1.45. The maximum Gasteiger partial charge on any atom is 0.401 e. The highest BCUT2D eigenvalue weighted by atomic mass is 19.4. The molecule has 1 aliphatic carbocycles. The van der Waals surface area contributed by atoms with E-state index in [0.717, 1.165) is 38.8 Å². The lowest BCUT2D eigenvalue weighted by Crippen LogP contribution is -2.45. The van der Waals surface area contributed by atoms with Gasteiger partial charge in [-0.25, -0.2) is 0 Å². The van der Waals surface area contributed by atoms with Crippen LogP contribution in [0.1, 0.15) is 45.4 Å². The van der Waals surface area contributed by atoms with E-state index in [2.05, 4.69) is 5.32 Å². The zero-order valence-electron chi connectivity index (χ0n) is 12.2. The predicted octanol–water partition coefficient (Wildman–Crippen LogP) is 3.43. The van der Waals surface area contributed by atoms with Gasteiger partial charge >= 0.3 is 6.18 Å². The Bertz CT molecular complexity index is 246. The van der Waals surface area contributed by atoms with Gasteiger partial charge < -0.3 is 5.32 Å². The summed E-state index contributed by atoms with van der Waals surface area (Å²) in [5.41, 5.74) is 0.0203. The SMILES string of the molecule is CCNCC1(CN(C)CC(F)(F)F)CCCCCC1.